The number of hydrogen-bond donors (Lipinski definition) is 0. The van der Waals surface area contributed by atoms with E-state index >= 15 is 0 Å². The van der Waals surface area contributed by atoms with Crippen LogP contribution in [0.15, 0.2) is 176 Å². The fourth-order valence-corrected chi connectivity index (χ4v) is 7.99. The quantitative estimate of drug-likeness (QED) is 0.189. The van der Waals surface area contributed by atoms with Gasteiger partial charge in [-0.1, -0.05) is 133 Å². The summed E-state index contributed by atoms with van der Waals surface area (Å²) in [5.41, 5.74) is 8.33. The normalized spacial score (nSPS) is 11.5. The number of rotatable bonds is 5. The third-order valence-electron chi connectivity index (χ3n) is 9.04. The van der Waals surface area contributed by atoms with Crippen molar-refractivity contribution in [3.05, 3.63) is 176 Å². The largest absolute Gasteiger partial charge is 0.309 e. The summed E-state index contributed by atoms with van der Waals surface area (Å²) >= 11 is 1.87. The van der Waals surface area contributed by atoms with Gasteiger partial charge < -0.3 is 4.90 Å². The lowest BCUT2D eigenvalue weighted by atomic mass is 9.94. The zero-order chi connectivity index (χ0) is 30.5. The topological polar surface area (TPSA) is 3.24 Å². The van der Waals surface area contributed by atoms with Crippen LogP contribution in [0.4, 0.5) is 17.1 Å². The molecule has 0 atom stereocenters. The molecule has 46 heavy (non-hydrogen) atoms. The second-order valence-corrected chi connectivity index (χ2v) is 12.8. The van der Waals surface area contributed by atoms with E-state index in [0.29, 0.717) is 0 Å². The van der Waals surface area contributed by atoms with Crippen molar-refractivity contribution in [2.45, 2.75) is 0 Å². The van der Waals surface area contributed by atoms with Gasteiger partial charge in [0.05, 0.1) is 11.4 Å². The molecule has 0 aliphatic rings. The van der Waals surface area contributed by atoms with Gasteiger partial charge in [0.25, 0.3) is 0 Å². The smallest absolute Gasteiger partial charge is 0.0547 e. The summed E-state index contributed by atoms with van der Waals surface area (Å²) in [5, 5.41) is 7.53. The summed E-state index contributed by atoms with van der Waals surface area (Å²) in [5.74, 6) is 0. The Labute approximate surface area is 272 Å². The second-order valence-electron chi connectivity index (χ2n) is 11.7. The fraction of sp³-hybridized carbons (Fsp3) is 0. The van der Waals surface area contributed by atoms with E-state index in [-0.39, 0.29) is 0 Å². The van der Waals surface area contributed by atoms with Crippen LogP contribution in [0.25, 0.3) is 64.0 Å². The van der Waals surface area contributed by atoms with E-state index in [1.54, 1.807) is 0 Å². The molecular formula is C44H29NS. The highest BCUT2D eigenvalue weighted by Crippen LogP contribution is 2.50. The minimum absolute atomic E-state index is 1.12. The van der Waals surface area contributed by atoms with Gasteiger partial charge in [-0.3, -0.25) is 0 Å². The molecule has 0 amide bonds. The fourth-order valence-electron chi connectivity index (χ4n) is 6.87. The van der Waals surface area contributed by atoms with Gasteiger partial charge in [-0.2, -0.15) is 0 Å². The molecule has 216 valence electrons. The maximum Gasteiger partial charge on any atom is 0.0547 e. The molecule has 1 nitrogen and oxygen atoms in total. The lowest BCUT2D eigenvalue weighted by molar-refractivity contribution is 1.30. The van der Waals surface area contributed by atoms with Crippen LogP contribution in [0.3, 0.4) is 0 Å². The lowest BCUT2D eigenvalue weighted by Crippen LogP contribution is -2.12. The molecule has 0 unspecified atom stereocenters. The van der Waals surface area contributed by atoms with E-state index in [2.05, 4.69) is 181 Å². The first-order valence-electron chi connectivity index (χ1n) is 15.7. The Morgan fingerprint density at radius 2 is 1.02 bits per heavy atom. The van der Waals surface area contributed by atoms with Gasteiger partial charge >= 0.3 is 0 Å². The first kappa shape index (κ1) is 26.7. The lowest BCUT2D eigenvalue weighted by Gasteiger charge is -2.30. The van der Waals surface area contributed by atoms with E-state index in [0.717, 1.165) is 17.1 Å². The predicted molar refractivity (Wildman–Crippen MR) is 200 cm³/mol. The van der Waals surface area contributed by atoms with Crippen LogP contribution < -0.4 is 4.90 Å². The standard InChI is InChI=1S/C44H29NS/c1-2-11-30(12-3-1)32-23-25-36(26-24-32)45(39-19-10-16-33-14-6-7-17-37(33)39)40-27-28-42-44(38-18-8-9-20-41(38)46-42)43(40)35-22-21-31-13-4-5-15-34(31)29-35/h1-29H. The van der Waals surface area contributed by atoms with Crippen LogP contribution >= 0.6 is 11.3 Å². The van der Waals surface area contributed by atoms with Crippen molar-refractivity contribution in [1.82, 2.24) is 0 Å². The minimum Gasteiger partial charge on any atom is -0.309 e. The zero-order valence-electron chi connectivity index (χ0n) is 25.1. The molecule has 9 aromatic rings. The van der Waals surface area contributed by atoms with Crippen molar-refractivity contribution in [2.24, 2.45) is 0 Å². The van der Waals surface area contributed by atoms with Crippen LogP contribution in [-0.2, 0) is 0 Å². The summed E-state index contributed by atoms with van der Waals surface area (Å²) in [7, 11) is 0. The van der Waals surface area contributed by atoms with Gasteiger partial charge in [-0.25, -0.2) is 0 Å². The Hall–Kier alpha value is -5.70. The molecule has 0 fully saturated rings. The number of hydrogen-bond acceptors (Lipinski definition) is 2. The summed E-state index contributed by atoms with van der Waals surface area (Å²) in [4.78, 5) is 2.47. The Balaban J connectivity index is 1.37. The number of benzene rings is 8. The van der Waals surface area contributed by atoms with E-state index < -0.39 is 0 Å². The highest BCUT2D eigenvalue weighted by atomic mass is 32.1. The first-order chi connectivity index (χ1) is 22.8. The van der Waals surface area contributed by atoms with Gasteiger partial charge in [0.15, 0.2) is 0 Å². The molecule has 0 saturated heterocycles. The summed E-state index contributed by atoms with van der Waals surface area (Å²) in [6.45, 7) is 0. The van der Waals surface area contributed by atoms with Crippen LogP contribution in [-0.4, -0.2) is 0 Å². The molecule has 1 aromatic heterocycles. The van der Waals surface area contributed by atoms with Gasteiger partial charge in [0.2, 0.25) is 0 Å². The summed E-state index contributed by atoms with van der Waals surface area (Å²) < 4.78 is 2.60. The molecule has 0 spiro atoms. The maximum absolute atomic E-state index is 2.47. The molecule has 0 radical (unpaired) electrons. The van der Waals surface area contributed by atoms with Gasteiger partial charge in [-0.15, -0.1) is 11.3 Å². The zero-order valence-corrected chi connectivity index (χ0v) is 25.9. The van der Waals surface area contributed by atoms with Crippen LogP contribution in [0.2, 0.25) is 0 Å². The van der Waals surface area contributed by atoms with Crippen LogP contribution in [0.1, 0.15) is 0 Å². The van der Waals surface area contributed by atoms with Crippen LogP contribution in [0.5, 0.6) is 0 Å². The van der Waals surface area contributed by atoms with Crippen molar-refractivity contribution >= 4 is 70.1 Å². The first-order valence-corrected chi connectivity index (χ1v) is 16.5. The van der Waals surface area contributed by atoms with Crippen LogP contribution in [0, 0.1) is 0 Å². The van der Waals surface area contributed by atoms with E-state index in [4.69, 9.17) is 0 Å². The molecule has 2 heteroatoms. The van der Waals surface area contributed by atoms with E-state index in [9.17, 15) is 0 Å². The van der Waals surface area contributed by atoms with Crippen molar-refractivity contribution in [3.63, 3.8) is 0 Å². The average molecular weight is 604 g/mol. The second kappa shape index (κ2) is 11.0. The molecule has 0 bridgehead atoms. The Bertz CT molecular complexity index is 2520. The highest BCUT2D eigenvalue weighted by Gasteiger charge is 2.23. The number of anilines is 3. The molecule has 0 N–H and O–H groups in total. The molecule has 0 saturated carbocycles. The monoisotopic (exact) mass is 603 g/mol. The molecule has 8 aromatic carbocycles. The molecule has 0 aliphatic heterocycles. The third-order valence-corrected chi connectivity index (χ3v) is 10.2. The van der Waals surface area contributed by atoms with E-state index in [1.807, 2.05) is 11.3 Å². The van der Waals surface area contributed by atoms with Crippen molar-refractivity contribution in [2.75, 3.05) is 4.90 Å². The number of fused-ring (bicyclic) bond motifs is 5. The van der Waals surface area contributed by atoms with Gasteiger partial charge in [0.1, 0.15) is 0 Å². The number of nitrogens with zero attached hydrogens (tertiary/aromatic N) is 1. The van der Waals surface area contributed by atoms with Crippen molar-refractivity contribution in [3.8, 4) is 22.3 Å². The Kier molecular flexibility index (Phi) is 6.40. The average Bonchev–Trinajstić information content (AvgIpc) is 3.51. The molecule has 1 heterocycles. The molecular weight excluding hydrogens is 575 g/mol. The molecule has 0 aliphatic carbocycles. The minimum atomic E-state index is 1.12. The van der Waals surface area contributed by atoms with Crippen molar-refractivity contribution in [1.29, 1.82) is 0 Å². The highest BCUT2D eigenvalue weighted by molar-refractivity contribution is 7.26. The Morgan fingerprint density at radius 1 is 0.370 bits per heavy atom. The summed E-state index contributed by atoms with van der Waals surface area (Å²) in [6.07, 6.45) is 0. The van der Waals surface area contributed by atoms with Gasteiger partial charge in [-0.05, 0) is 75.3 Å². The maximum atomic E-state index is 2.47. The predicted octanol–water partition coefficient (Wildman–Crippen LogP) is 13.2. The van der Waals surface area contributed by atoms with Gasteiger partial charge in [0, 0.05) is 36.8 Å². The SMILES string of the molecule is c1ccc(-c2ccc(N(c3ccc4sc5ccccc5c4c3-c3ccc4ccccc4c3)c3cccc4ccccc34)cc2)cc1. The Morgan fingerprint density at radius 3 is 1.87 bits per heavy atom. The molecule has 9 rings (SSSR count). The third kappa shape index (κ3) is 4.46. The summed E-state index contributed by atoms with van der Waals surface area (Å²) in [6, 6.07) is 64.0. The van der Waals surface area contributed by atoms with E-state index in [1.165, 1.54) is 64.0 Å². The number of thiophene rings is 1. The van der Waals surface area contributed by atoms with Crippen molar-refractivity contribution < 1.29 is 0 Å².